The Balaban J connectivity index is 1.12. The van der Waals surface area contributed by atoms with Crippen LogP contribution in [0.5, 0.6) is 0 Å². The molecule has 6 atom stereocenters. The lowest BCUT2D eigenvalue weighted by molar-refractivity contribution is -0.193. The molecule has 2 aromatic rings. The van der Waals surface area contributed by atoms with Crippen molar-refractivity contribution in [1.29, 1.82) is 0 Å². The van der Waals surface area contributed by atoms with Crippen LogP contribution in [0.15, 0.2) is 47.2 Å². The lowest BCUT2D eigenvalue weighted by Crippen LogP contribution is -2.75. The van der Waals surface area contributed by atoms with Gasteiger partial charge in [-0.05, 0) is 56.4 Å². The Kier molecular flexibility index (Phi) is 6.54. The van der Waals surface area contributed by atoms with Gasteiger partial charge >= 0.3 is 6.03 Å². The second kappa shape index (κ2) is 9.83. The highest BCUT2D eigenvalue weighted by Crippen LogP contribution is 2.69. The van der Waals surface area contributed by atoms with E-state index >= 15 is 0 Å². The third-order valence-electron chi connectivity index (χ3n) is 11.2. The molecule has 2 saturated carbocycles. The molecular weight excluding hydrogens is 526 g/mol. The van der Waals surface area contributed by atoms with Gasteiger partial charge in [0.1, 0.15) is 6.26 Å². The van der Waals surface area contributed by atoms with E-state index in [1.165, 1.54) is 18.4 Å². The van der Waals surface area contributed by atoms with Crippen LogP contribution in [0.2, 0.25) is 0 Å². The molecule has 2 spiro atoms. The average Bonchev–Trinajstić information content (AvgIpc) is 3.69. The molecule has 3 amide bonds. The molecule has 0 N–H and O–H groups in total. The summed E-state index contributed by atoms with van der Waals surface area (Å²) in [5.41, 5.74) is 1.53. The Morgan fingerprint density at radius 1 is 1.14 bits per heavy atom. The summed E-state index contributed by atoms with van der Waals surface area (Å²) in [5.74, 6) is 1.66. The first-order valence-corrected chi connectivity index (χ1v) is 16.0. The summed E-state index contributed by atoms with van der Waals surface area (Å²) in [4.78, 5) is 40.5. The SMILES string of the molecule is CC(C)N1C(=O)N(Cc2ncco2)CC12CC1N(C[C@H]3CN(C(=O)CC(C)(C)C)C[C@@H]3c3ccccc3)C3CCC31C2. The molecule has 4 heterocycles. The van der Waals surface area contributed by atoms with Crippen LogP contribution < -0.4 is 0 Å². The minimum absolute atomic E-state index is 0.0134. The Hall–Kier alpha value is -2.87. The lowest BCUT2D eigenvalue weighted by Gasteiger charge is -2.69. The number of hydrogen-bond donors (Lipinski definition) is 0. The molecule has 2 aliphatic carbocycles. The Morgan fingerprint density at radius 3 is 2.57 bits per heavy atom. The van der Waals surface area contributed by atoms with Gasteiger partial charge in [0.05, 0.1) is 18.3 Å². The summed E-state index contributed by atoms with van der Waals surface area (Å²) in [7, 11) is 0. The summed E-state index contributed by atoms with van der Waals surface area (Å²) < 4.78 is 5.52. The largest absolute Gasteiger partial charge is 0.447 e. The molecule has 3 saturated heterocycles. The number of amides is 3. The number of carbonyl (C=O) groups is 2. The van der Waals surface area contributed by atoms with Crippen molar-refractivity contribution in [3.63, 3.8) is 0 Å². The summed E-state index contributed by atoms with van der Waals surface area (Å²) >= 11 is 0. The minimum Gasteiger partial charge on any atom is -0.447 e. The van der Waals surface area contributed by atoms with E-state index in [0.29, 0.717) is 48.2 Å². The van der Waals surface area contributed by atoms with Crippen molar-refractivity contribution in [1.82, 2.24) is 24.6 Å². The number of oxazole rings is 1. The predicted molar refractivity (Wildman–Crippen MR) is 161 cm³/mol. The molecule has 0 radical (unpaired) electrons. The van der Waals surface area contributed by atoms with Gasteiger partial charge in [-0.2, -0.15) is 0 Å². The smallest absolute Gasteiger partial charge is 0.321 e. The average molecular weight is 574 g/mol. The Bertz CT molecular complexity index is 1320. The number of benzene rings is 1. The van der Waals surface area contributed by atoms with Crippen LogP contribution in [0.3, 0.4) is 0 Å². The van der Waals surface area contributed by atoms with Crippen molar-refractivity contribution < 1.29 is 14.0 Å². The van der Waals surface area contributed by atoms with E-state index in [1.807, 2.05) is 4.90 Å². The van der Waals surface area contributed by atoms with Gasteiger partial charge in [-0.15, -0.1) is 0 Å². The van der Waals surface area contributed by atoms with Crippen molar-refractivity contribution in [2.45, 2.75) is 103 Å². The fourth-order valence-corrected chi connectivity index (χ4v) is 9.66. The number of aromatic nitrogens is 1. The van der Waals surface area contributed by atoms with Gasteiger partial charge in [-0.3, -0.25) is 9.69 Å². The van der Waals surface area contributed by atoms with Crippen LogP contribution in [0, 0.1) is 16.7 Å². The quantitative estimate of drug-likeness (QED) is 0.446. The van der Waals surface area contributed by atoms with Crippen molar-refractivity contribution in [3.8, 4) is 0 Å². The minimum atomic E-state index is -0.140. The van der Waals surface area contributed by atoms with Gasteiger partial charge < -0.3 is 19.1 Å². The van der Waals surface area contributed by atoms with E-state index in [4.69, 9.17) is 4.42 Å². The van der Waals surface area contributed by atoms with Gasteiger partial charge in [-0.25, -0.2) is 9.78 Å². The zero-order valence-corrected chi connectivity index (χ0v) is 26.0. The Morgan fingerprint density at radius 2 is 1.93 bits per heavy atom. The zero-order valence-electron chi connectivity index (χ0n) is 26.0. The van der Waals surface area contributed by atoms with Crippen LogP contribution in [0.25, 0.3) is 0 Å². The molecule has 1 aromatic heterocycles. The van der Waals surface area contributed by atoms with E-state index in [2.05, 4.69) is 84.6 Å². The van der Waals surface area contributed by atoms with Gasteiger partial charge in [0, 0.05) is 62.1 Å². The van der Waals surface area contributed by atoms with Crippen molar-refractivity contribution in [2.24, 2.45) is 16.7 Å². The normalized spacial score (nSPS) is 34.2. The molecule has 5 aliphatic rings. The highest BCUT2D eigenvalue weighted by atomic mass is 16.3. The first-order chi connectivity index (χ1) is 20.0. The van der Waals surface area contributed by atoms with E-state index in [1.54, 1.807) is 12.5 Å². The molecule has 1 aromatic carbocycles. The monoisotopic (exact) mass is 573 g/mol. The number of hydrogen-bond acceptors (Lipinski definition) is 5. The van der Waals surface area contributed by atoms with Crippen molar-refractivity contribution in [2.75, 3.05) is 26.2 Å². The number of piperidine rings is 1. The molecule has 8 heteroatoms. The number of likely N-dealkylation sites (tertiary alicyclic amines) is 2. The summed E-state index contributed by atoms with van der Waals surface area (Å²) in [5, 5.41) is 0. The highest BCUT2D eigenvalue weighted by Gasteiger charge is 2.75. The van der Waals surface area contributed by atoms with Crippen molar-refractivity contribution >= 4 is 11.9 Å². The molecule has 0 bridgehead atoms. The zero-order chi connectivity index (χ0) is 29.4. The number of nitrogens with zero attached hydrogens (tertiary/aromatic N) is 5. The van der Waals surface area contributed by atoms with Crippen LogP contribution in [-0.4, -0.2) is 86.4 Å². The van der Waals surface area contributed by atoms with E-state index in [-0.39, 0.29) is 28.9 Å². The van der Waals surface area contributed by atoms with E-state index < -0.39 is 0 Å². The maximum absolute atomic E-state index is 13.8. The van der Waals surface area contributed by atoms with Gasteiger partial charge in [0.15, 0.2) is 0 Å². The first kappa shape index (κ1) is 27.9. The fraction of sp³-hybridized carbons (Fsp3) is 0.676. The molecule has 4 unspecified atom stereocenters. The van der Waals surface area contributed by atoms with E-state index in [9.17, 15) is 9.59 Å². The summed E-state index contributed by atoms with van der Waals surface area (Å²) in [6.07, 6.45) is 8.47. The van der Waals surface area contributed by atoms with Crippen LogP contribution >= 0.6 is 0 Å². The maximum atomic E-state index is 13.8. The topological polar surface area (TPSA) is 73.1 Å². The maximum Gasteiger partial charge on any atom is 0.321 e. The molecule has 3 aliphatic heterocycles. The molecule has 226 valence electrons. The number of carbonyl (C=O) groups excluding carboxylic acids is 2. The third kappa shape index (κ3) is 4.39. The second-order valence-corrected chi connectivity index (χ2v) is 15.4. The highest BCUT2D eigenvalue weighted by molar-refractivity contribution is 5.79. The molecule has 8 nitrogen and oxygen atoms in total. The van der Waals surface area contributed by atoms with Crippen LogP contribution in [0.4, 0.5) is 4.79 Å². The molecule has 7 rings (SSSR count). The number of urea groups is 1. The van der Waals surface area contributed by atoms with Gasteiger partial charge in [0.25, 0.3) is 0 Å². The van der Waals surface area contributed by atoms with E-state index in [0.717, 1.165) is 39.0 Å². The molecule has 42 heavy (non-hydrogen) atoms. The van der Waals surface area contributed by atoms with Crippen LogP contribution in [-0.2, 0) is 11.3 Å². The standard InChI is InChI=1S/C34H47N5O3/c1-23(2)39-31(41)37(20-29-35-13-14-42-29)22-33(39)15-28-34(21-33)12-11-27(34)38(28)18-25-17-36(30(40)16-32(3,4)5)19-26(25)24-9-7-6-8-10-24/h6-10,13-14,23,25-28H,11-12,15-22H2,1-5H3/t25-,26-,27?,28?,33?,34?/m1/s1. The predicted octanol–water partition coefficient (Wildman–Crippen LogP) is 5.36. The summed E-state index contributed by atoms with van der Waals surface area (Å²) in [6.45, 7) is 14.6. The Labute approximate surface area is 250 Å². The fourth-order valence-electron chi connectivity index (χ4n) is 9.66. The van der Waals surface area contributed by atoms with Crippen LogP contribution in [0.1, 0.15) is 84.1 Å². The summed E-state index contributed by atoms with van der Waals surface area (Å²) in [6, 6.07) is 12.2. The lowest BCUT2D eigenvalue weighted by atomic mass is 9.53. The van der Waals surface area contributed by atoms with Gasteiger partial charge in [0.2, 0.25) is 11.8 Å². The molecular formula is C34H47N5O3. The first-order valence-electron chi connectivity index (χ1n) is 16.0. The molecule has 5 fully saturated rings. The third-order valence-corrected chi connectivity index (χ3v) is 11.2. The van der Waals surface area contributed by atoms with Gasteiger partial charge in [-0.1, -0.05) is 51.1 Å². The van der Waals surface area contributed by atoms with Crippen molar-refractivity contribution in [3.05, 3.63) is 54.2 Å². The number of rotatable bonds is 7. The second-order valence-electron chi connectivity index (χ2n) is 15.4.